The molecule has 0 saturated carbocycles. The van der Waals surface area contributed by atoms with E-state index in [4.69, 9.17) is 5.11 Å². The molecule has 0 aromatic carbocycles. The molecule has 1 N–H and O–H groups in total. The highest BCUT2D eigenvalue weighted by atomic mass is 16.4. The Morgan fingerprint density at radius 1 is 1.20 bits per heavy atom. The molecule has 2 amide bonds. The normalized spacial score (nSPS) is 26.6. The average Bonchev–Trinajstić information content (AvgIpc) is 2.48. The molecule has 1 unspecified atom stereocenters. The lowest BCUT2D eigenvalue weighted by Gasteiger charge is -2.38. The molecule has 2 aliphatic heterocycles. The Kier molecular flexibility index (Phi) is 2.54. The van der Waals surface area contributed by atoms with Crippen molar-refractivity contribution in [1.29, 1.82) is 0 Å². The van der Waals surface area contributed by atoms with Gasteiger partial charge in [0.05, 0.1) is 5.92 Å². The van der Waals surface area contributed by atoms with Gasteiger partial charge in [0.2, 0.25) is 0 Å². The summed E-state index contributed by atoms with van der Waals surface area (Å²) in [5.74, 6) is -0.576. The van der Waals surface area contributed by atoms with Crippen molar-refractivity contribution in [3.8, 4) is 0 Å². The van der Waals surface area contributed by atoms with E-state index in [1.54, 1.807) is 4.90 Å². The Morgan fingerprint density at radius 3 is 2.33 bits per heavy atom. The molecule has 2 rings (SSSR count). The molecule has 5 nitrogen and oxygen atoms in total. The Labute approximate surface area is 88.6 Å². The summed E-state index contributed by atoms with van der Waals surface area (Å²) in [6.45, 7) is 4.50. The van der Waals surface area contributed by atoms with Crippen LogP contribution in [0.15, 0.2) is 0 Å². The fraction of sp³-hybridized carbons (Fsp3) is 0.800. The third-order valence-corrected chi connectivity index (χ3v) is 3.20. The van der Waals surface area contributed by atoms with Crippen molar-refractivity contribution in [2.24, 2.45) is 11.8 Å². The zero-order chi connectivity index (χ0) is 11.0. The largest absolute Gasteiger partial charge is 0.481 e. The van der Waals surface area contributed by atoms with E-state index < -0.39 is 5.97 Å². The molecule has 2 fully saturated rings. The topological polar surface area (TPSA) is 60.9 Å². The number of nitrogens with zero attached hydrogens (tertiary/aromatic N) is 2. The number of likely N-dealkylation sites (tertiary alicyclic amines) is 2. The third-order valence-electron chi connectivity index (χ3n) is 3.20. The molecule has 0 aromatic rings. The van der Waals surface area contributed by atoms with Crippen LogP contribution in [0.2, 0.25) is 0 Å². The van der Waals surface area contributed by atoms with Gasteiger partial charge in [0, 0.05) is 26.2 Å². The maximum absolute atomic E-state index is 11.8. The lowest BCUT2D eigenvalue weighted by molar-refractivity contribution is -0.146. The number of urea groups is 1. The minimum atomic E-state index is -0.797. The molecule has 0 bridgehead atoms. The standard InChI is InChI=1S/C10H16N2O3/c1-7-2-3-11(4-7)10(15)12-5-8(6-12)9(13)14/h7-8H,2-6H2,1H3,(H,13,14). The zero-order valence-electron chi connectivity index (χ0n) is 8.85. The fourth-order valence-electron chi connectivity index (χ4n) is 2.10. The minimum absolute atomic E-state index is 0.0110. The van der Waals surface area contributed by atoms with Crippen LogP contribution in [0.5, 0.6) is 0 Å². The molecular formula is C10H16N2O3. The van der Waals surface area contributed by atoms with Crippen LogP contribution in [-0.2, 0) is 4.79 Å². The molecule has 2 heterocycles. The average molecular weight is 212 g/mol. The highest BCUT2D eigenvalue weighted by molar-refractivity contribution is 5.80. The maximum atomic E-state index is 11.8. The molecule has 0 aliphatic carbocycles. The molecule has 84 valence electrons. The number of hydrogen-bond acceptors (Lipinski definition) is 2. The number of aliphatic carboxylic acids is 1. The summed E-state index contributed by atoms with van der Waals surface area (Å²) >= 11 is 0. The molecule has 0 aromatic heterocycles. The summed E-state index contributed by atoms with van der Waals surface area (Å²) in [5.41, 5.74) is 0. The molecule has 0 radical (unpaired) electrons. The lowest BCUT2D eigenvalue weighted by Crippen LogP contribution is -2.56. The fourth-order valence-corrected chi connectivity index (χ4v) is 2.10. The number of carbonyl (C=O) groups is 2. The van der Waals surface area contributed by atoms with Crippen molar-refractivity contribution in [1.82, 2.24) is 9.80 Å². The van der Waals surface area contributed by atoms with Gasteiger partial charge in [0.25, 0.3) is 0 Å². The number of carboxylic acid groups (broad SMARTS) is 1. The molecule has 15 heavy (non-hydrogen) atoms. The lowest BCUT2D eigenvalue weighted by atomic mass is 10.0. The smallest absolute Gasteiger partial charge is 0.320 e. The van der Waals surface area contributed by atoms with Crippen LogP contribution in [0.4, 0.5) is 4.79 Å². The summed E-state index contributed by atoms with van der Waals surface area (Å²) in [5, 5.41) is 8.69. The summed E-state index contributed by atoms with van der Waals surface area (Å²) in [7, 11) is 0. The van der Waals surface area contributed by atoms with E-state index in [0.29, 0.717) is 19.0 Å². The molecule has 1 atom stereocenters. The summed E-state index contributed by atoms with van der Waals surface area (Å²) in [6.07, 6.45) is 1.06. The zero-order valence-corrected chi connectivity index (χ0v) is 8.85. The predicted molar refractivity (Wildman–Crippen MR) is 53.4 cm³/mol. The van der Waals surface area contributed by atoms with Crippen LogP contribution in [0, 0.1) is 11.8 Å². The Balaban J connectivity index is 1.81. The van der Waals surface area contributed by atoms with E-state index in [1.807, 2.05) is 4.90 Å². The Bertz CT molecular complexity index is 286. The van der Waals surface area contributed by atoms with Crippen LogP contribution in [0.1, 0.15) is 13.3 Å². The van der Waals surface area contributed by atoms with Crippen molar-refractivity contribution >= 4 is 12.0 Å². The van der Waals surface area contributed by atoms with Crippen LogP contribution < -0.4 is 0 Å². The molecule has 2 aliphatic rings. The van der Waals surface area contributed by atoms with Crippen molar-refractivity contribution in [3.05, 3.63) is 0 Å². The summed E-state index contributed by atoms with van der Waals surface area (Å²) in [4.78, 5) is 25.8. The first-order chi connectivity index (χ1) is 7.08. The van der Waals surface area contributed by atoms with Gasteiger partial charge in [0.15, 0.2) is 0 Å². The molecule has 5 heteroatoms. The molecule has 0 spiro atoms. The summed E-state index contributed by atoms with van der Waals surface area (Å²) < 4.78 is 0. The quantitative estimate of drug-likeness (QED) is 0.687. The van der Waals surface area contributed by atoms with E-state index in [2.05, 4.69) is 6.92 Å². The number of rotatable bonds is 1. The second kappa shape index (κ2) is 3.72. The maximum Gasteiger partial charge on any atom is 0.320 e. The van der Waals surface area contributed by atoms with Crippen LogP contribution in [-0.4, -0.2) is 53.1 Å². The monoisotopic (exact) mass is 212 g/mol. The minimum Gasteiger partial charge on any atom is -0.481 e. The molecular weight excluding hydrogens is 196 g/mol. The van der Waals surface area contributed by atoms with E-state index in [-0.39, 0.29) is 11.9 Å². The predicted octanol–water partition coefficient (Wildman–Crippen LogP) is 0.465. The Hall–Kier alpha value is -1.26. The van der Waals surface area contributed by atoms with Crippen molar-refractivity contribution in [2.75, 3.05) is 26.2 Å². The number of amides is 2. The van der Waals surface area contributed by atoms with Gasteiger partial charge in [-0.3, -0.25) is 4.79 Å². The van der Waals surface area contributed by atoms with E-state index in [9.17, 15) is 9.59 Å². The second-order valence-electron chi connectivity index (χ2n) is 4.56. The van der Waals surface area contributed by atoms with Gasteiger partial charge in [-0.1, -0.05) is 6.92 Å². The van der Waals surface area contributed by atoms with Crippen molar-refractivity contribution in [2.45, 2.75) is 13.3 Å². The highest BCUT2D eigenvalue weighted by Gasteiger charge is 2.38. The van der Waals surface area contributed by atoms with E-state index in [1.165, 1.54) is 0 Å². The third kappa shape index (κ3) is 1.91. The first-order valence-corrected chi connectivity index (χ1v) is 5.34. The van der Waals surface area contributed by atoms with E-state index >= 15 is 0 Å². The van der Waals surface area contributed by atoms with Gasteiger partial charge in [-0.05, 0) is 12.3 Å². The SMILES string of the molecule is CC1CCN(C(=O)N2CC(C(=O)O)C2)C1. The molecule has 2 saturated heterocycles. The highest BCUT2D eigenvalue weighted by Crippen LogP contribution is 2.22. The Morgan fingerprint density at radius 2 is 1.87 bits per heavy atom. The van der Waals surface area contributed by atoms with Gasteiger partial charge in [-0.25, -0.2) is 4.79 Å². The van der Waals surface area contributed by atoms with Crippen LogP contribution in [0.25, 0.3) is 0 Å². The van der Waals surface area contributed by atoms with Crippen molar-refractivity contribution in [3.63, 3.8) is 0 Å². The summed E-state index contributed by atoms with van der Waals surface area (Å²) in [6, 6.07) is 0.0110. The number of carboxylic acids is 1. The first-order valence-electron chi connectivity index (χ1n) is 5.34. The van der Waals surface area contributed by atoms with Crippen molar-refractivity contribution < 1.29 is 14.7 Å². The van der Waals surface area contributed by atoms with Gasteiger partial charge in [0.1, 0.15) is 0 Å². The van der Waals surface area contributed by atoms with Gasteiger partial charge in [-0.15, -0.1) is 0 Å². The van der Waals surface area contributed by atoms with Gasteiger partial charge >= 0.3 is 12.0 Å². The first kappa shape index (κ1) is 10.3. The van der Waals surface area contributed by atoms with Crippen LogP contribution in [0.3, 0.4) is 0 Å². The van der Waals surface area contributed by atoms with E-state index in [0.717, 1.165) is 19.5 Å². The number of carbonyl (C=O) groups excluding carboxylic acids is 1. The second-order valence-corrected chi connectivity index (χ2v) is 4.56. The number of hydrogen-bond donors (Lipinski definition) is 1. The van der Waals surface area contributed by atoms with Crippen LogP contribution >= 0.6 is 0 Å². The van der Waals surface area contributed by atoms with Gasteiger partial charge < -0.3 is 14.9 Å². The van der Waals surface area contributed by atoms with Gasteiger partial charge in [-0.2, -0.15) is 0 Å².